The van der Waals surface area contributed by atoms with Gasteiger partial charge < -0.3 is 16.0 Å². The second kappa shape index (κ2) is 12.6. The van der Waals surface area contributed by atoms with Crippen molar-refractivity contribution in [2.75, 3.05) is 26.2 Å². The minimum absolute atomic E-state index is 0.140. The van der Waals surface area contributed by atoms with Crippen LogP contribution in [0, 0.1) is 0 Å². The molecule has 1 unspecified atom stereocenters. The summed E-state index contributed by atoms with van der Waals surface area (Å²) in [5.74, 6) is 0.147. The smallest absolute Gasteiger partial charge is 0.221 e. The Morgan fingerprint density at radius 1 is 1.05 bits per heavy atom. The van der Waals surface area contributed by atoms with Gasteiger partial charge in [-0.05, 0) is 51.7 Å². The van der Waals surface area contributed by atoms with Crippen molar-refractivity contribution in [3.8, 4) is 0 Å². The van der Waals surface area contributed by atoms with Crippen molar-refractivity contribution in [2.45, 2.75) is 51.5 Å². The van der Waals surface area contributed by atoms with Crippen LogP contribution in [0.4, 0.5) is 0 Å². The predicted octanol–water partition coefficient (Wildman–Crippen LogP) is 2.14. The van der Waals surface area contributed by atoms with Gasteiger partial charge in [-0.2, -0.15) is 0 Å². The minimum Gasteiger partial charge on any atom is -0.356 e. The Kier molecular flexibility index (Phi) is 10.8. The molecule has 1 fully saturated rings. The van der Waals surface area contributed by atoms with Crippen LogP contribution in [0.2, 0.25) is 0 Å². The summed E-state index contributed by atoms with van der Waals surface area (Å²) in [6, 6.07) is 0.140. The van der Waals surface area contributed by atoms with E-state index in [0.29, 0.717) is 6.42 Å². The largest absolute Gasteiger partial charge is 0.356 e. The summed E-state index contributed by atoms with van der Waals surface area (Å²) < 4.78 is 0. The van der Waals surface area contributed by atoms with Crippen molar-refractivity contribution in [2.24, 2.45) is 0 Å². The third-order valence-corrected chi connectivity index (χ3v) is 3.49. The number of nitrogens with one attached hydrogen (secondary N) is 3. The zero-order valence-electron chi connectivity index (χ0n) is 13.4. The number of rotatable bonds is 4. The van der Waals surface area contributed by atoms with Crippen molar-refractivity contribution in [1.82, 2.24) is 16.0 Å². The maximum absolute atomic E-state index is 11.9. The quantitative estimate of drug-likeness (QED) is 0.696. The zero-order valence-corrected chi connectivity index (χ0v) is 13.4. The van der Waals surface area contributed by atoms with E-state index in [0.717, 1.165) is 58.3 Å². The summed E-state index contributed by atoms with van der Waals surface area (Å²) in [5.41, 5.74) is 0. The third kappa shape index (κ3) is 10.3. The van der Waals surface area contributed by atoms with Gasteiger partial charge in [-0.15, -0.1) is 0 Å². The van der Waals surface area contributed by atoms with Crippen LogP contribution < -0.4 is 16.0 Å². The number of allylic oxidation sites excluding steroid dienone is 3. The fourth-order valence-corrected chi connectivity index (χ4v) is 2.29. The summed E-state index contributed by atoms with van der Waals surface area (Å²) >= 11 is 0. The van der Waals surface area contributed by atoms with E-state index in [2.05, 4.69) is 47.2 Å². The lowest BCUT2D eigenvalue weighted by Crippen LogP contribution is -2.35. The molecule has 0 aromatic heterocycles. The lowest BCUT2D eigenvalue weighted by atomic mass is 10.1. The van der Waals surface area contributed by atoms with E-state index in [1.165, 1.54) is 0 Å². The van der Waals surface area contributed by atoms with Gasteiger partial charge in [-0.3, -0.25) is 4.79 Å². The molecule has 21 heavy (non-hydrogen) atoms. The van der Waals surface area contributed by atoms with Crippen LogP contribution >= 0.6 is 0 Å². The molecule has 3 N–H and O–H groups in total. The summed E-state index contributed by atoms with van der Waals surface area (Å²) in [5, 5.41) is 9.91. The normalized spacial score (nSPS) is 23.5. The highest BCUT2D eigenvalue weighted by molar-refractivity contribution is 5.76. The van der Waals surface area contributed by atoms with E-state index in [4.69, 9.17) is 0 Å². The Balaban J connectivity index is 2.42. The maximum Gasteiger partial charge on any atom is 0.221 e. The lowest BCUT2D eigenvalue weighted by molar-refractivity contribution is -0.121. The van der Waals surface area contributed by atoms with Crippen LogP contribution in [0.25, 0.3) is 0 Å². The van der Waals surface area contributed by atoms with Gasteiger partial charge in [0.2, 0.25) is 5.91 Å². The Morgan fingerprint density at radius 2 is 1.86 bits per heavy atom. The molecular formula is C17H31N3O. The number of carbonyl (C=O) groups is 1. The summed E-state index contributed by atoms with van der Waals surface area (Å²) in [7, 11) is 0. The number of amides is 1. The van der Waals surface area contributed by atoms with Gasteiger partial charge in [0.1, 0.15) is 0 Å². The van der Waals surface area contributed by atoms with E-state index in [1.54, 1.807) is 0 Å². The van der Waals surface area contributed by atoms with Crippen LogP contribution in [0.3, 0.4) is 0 Å². The topological polar surface area (TPSA) is 53.2 Å². The lowest BCUT2D eigenvalue weighted by Gasteiger charge is -2.14. The highest BCUT2D eigenvalue weighted by Gasteiger charge is 2.10. The molecule has 0 radical (unpaired) electrons. The van der Waals surface area contributed by atoms with Crippen molar-refractivity contribution in [3.63, 3.8) is 0 Å². The summed E-state index contributed by atoms with van der Waals surface area (Å²) in [4.78, 5) is 11.9. The van der Waals surface area contributed by atoms with E-state index in [-0.39, 0.29) is 11.9 Å². The Labute approximate surface area is 129 Å². The van der Waals surface area contributed by atoms with E-state index in [9.17, 15) is 4.79 Å². The molecule has 4 nitrogen and oxygen atoms in total. The average Bonchev–Trinajstić information content (AvgIpc) is 2.49. The van der Waals surface area contributed by atoms with E-state index in [1.807, 2.05) is 0 Å². The first kappa shape index (κ1) is 17.9. The van der Waals surface area contributed by atoms with Crippen LogP contribution in [-0.2, 0) is 4.79 Å². The van der Waals surface area contributed by atoms with Crippen LogP contribution in [0.15, 0.2) is 24.3 Å². The van der Waals surface area contributed by atoms with E-state index >= 15 is 0 Å². The second-order valence-electron chi connectivity index (χ2n) is 5.47. The first-order valence-corrected chi connectivity index (χ1v) is 8.35. The first-order chi connectivity index (χ1) is 10.3. The first-order valence-electron chi connectivity index (χ1n) is 8.35. The van der Waals surface area contributed by atoms with Gasteiger partial charge >= 0.3 is 0 Å². The Morgan fingerprint density at radius 3 is 2.71 bits per heavy atom. The molecule has 120 valence electrons. The molecule has 1 atom stereocenters. The molecule has 0 aliphatic carbocycles. The predicted molar refractivity (Wildman–Crippen MR) is 89.3 cm³/mol. The van der Waals surface area contributed by atoms with Gasteiger partial charge in [-0.25, -0.2) is 0 Å². The van der Waals surface area contributed by atoms with Gasteiger partial charge in [0.15, 0.2) is 0 Å². The Hall–Kier alpha value is -1.13. The molecule has 0 spiro atoms. The highest BCUT2D eigenvalue weighted by Crippen LogP contribution is 1.99. The molecule has 0 bridgehead atoms. The standard InChI is InChI=1S/C17H31N3O/c1-2-3-4-5-6-10-16-15-17(21)20-13-8-7-11-18-12-9-14-19-16/h3-4,6,10,16,18-19H,2,5,7-9,11-15H2,1H3,(H,20,21). The zero-order chi connectivity index (χ0) is 15.2. The SMILES string of the molecule is CCC=CCC=CC1CC(=O)NCCCCNCCCN1. The molecule has 1 saturated heterocycles. The van der Waals surface area contributed by atoms with Crippen molar-refractivity contribution < 1.29 is 4.79 Å². The van der Waals surface area contributed by atoms with Gasteiger partial charge in [0.05, 0.1) is 0 Å². The van der Waals surface area contributed by atoms with Gasteiger partial charge in [-0.1, -0.05) is 31.2 Å². The summed E-state index contributed by atoms with van der Waals surface area (Å²) in [6.07, 6.45) is 14.4. The van der Waals surface area contributed by atoms with Crippen LogP contribution in [-0.4, -0.2) is 38.1 Å². The molecule has 0 saturated carbocycles. The molecule has 1 aliphatic rings. The van der Waals surface area contributed by atoms with Crippen LogP contribution in [0.5, 0.6) is 0 Å². The van der Waals surface area contributed by atoms with Gasteiger partial charge in [0.25, 0.3) is 0 Å². The number of carbonyl (C=O) groups excluding carboxylic acids is 1. The van der Waals surface area contributed by atoms with Crippen molar-refractivity contribution >= 4 is 5.91 Å². The van der Waals surface area contributed by atoms with Crippen molar-refractivity contribution in [3.05, 3.63) is 24.3 Å². The molecule has 0 aromatic rings. The molecule has 1 heterocycles. The number of hydrogen-bond acceptors (Lipinski definition) is 3. The molecule has 4 heteroatoms. The van der Waals surface area contributed by atoms with Gasteiger partial charge in [0, 0.05) is 19.0 Å². The third-order valence-electron chi connectivity index (χ3n) is 3.49. The minimum atomic E-state index is 0.140. The molecule has 1 amide bonds. The Bertz CT molecular complexity index is 326. The van der Waals surface area contributed by atoms with Crippen molar-refractivity contribution in [1.29, 1.82) is 0 Å². The fraction of sp³-hybridized carbons (Fsp3) is 0.706. The fourth-order valence-electron chi connectivity index (χ4n) is 2.29. The molecule has 1 rings (SSSR count). The van der Waals surface area contributed by atoms with E-state index < -0.39 is 0 Å². The second-order valence-corrected chi connectivity index (χ2v) is 5.47. The van der Waals surface area contributed by atoms with Crippen LogP contribution in [0.1, 0.15) is 45.4 Å². The summed E-state index contributed by atoms with van der Waals surface area (Å²) in [6.45, 7) is 5.96. The molecular weight excluding hydrogens is 262 g/mol. The molecule has 0 aromatic carbocycles. The number of hydrogen-bond donors (Lipinski definition) is 3. The highest BCUT2D eigenvalue weighted by atomic mass is 16.1. The maximum atomic E-state index is 11.9. The molecule has 1 aliphatic heterocycles. The average molecular weight is 293 g/mol. The monoisotopic (exact) mass is 293 g/mol.